The van der Waals surface area contributed by atoms with Crippen molar-refractivity contribution in [3.8, 4) is 0 Å². The minimum absolute atomic E-state index is 0.0866. The van der Waals surface area contributed by atoms with Gasteiger partial charge in [0.1, 0.15) is 5.82 Å². The smallest absolute Gasteiger partial charge is 0.243 e. The molecule has 0 fully saturated rings. The Hall–Kier alpha value is -1.86. The molecule has 0 amide bonds. The van der Waals surface area contributed by atoms with Gasteiger partial charge in [-0.25, -0.2) is 12.8 Å². The number of halogens is 1. The minimum Gasteiger partial charge on any atom is -0.472 e. The molecule has 5 nitrogen and oxygen atoms in total. The molecular weight excluding hydrogens is 271 g/mol. The molecule has 19 heavy (non-hydrogen) atoms. The van der Waals surface area contributed by atoms with Crippen LogP contribution in [-0.2, 0) is 16.6 Å². The number of rotatable bonds is 4. The molecule has 0 saturated heterocycles. The van der Waals surface area contributed by atoms with Crippen LogP contribution in [0.25, 0.3) is 0 Å². The summed E-state index contributed by atoms with van der Waals surface area (Å²) in [6, 6.07) is 5.08. The summed E-state index contributed by atoms with van der Waals surface area (Å²) in [5, 5.41) is 0. The third-order valence-corrected chi connectivity index (χ3v) is 4.46. The van der Waals surface area contributed by atoms with Crippen LogP contribution >= 0.6 is 0 Å². The molecule has 0 unspecified atom stereocenters. The normalized spacial score (nSPS) is 11.9. The highest BCUT2D eigenvalue weighted by Gasteiger charge is 2.22. The predicted octanol–water partition coefficient (Wildman–Crippen LogP) is 1.82. The highest BCUT2D eigenvalue weighted by Crippen LogP contribution is 2.20. The van der Waals surface area contributed by atoms with Crippen LogP contribution in [0.2, 0.25) is 0 Å². The molecule has 0 aliphatic rings. The van der Waals surface area contributed by atoms with E-state index in [0.29, 0.717) is 5.56 Å². The molecule has 2 aromatic rings. The lowest BCUT2D eigenvalue weighted by molar-refractivity contribution is 0.462. The third-order valence-electron chi connectivity index (χ3n) is 2.67. The molecule has 102 valence electrons. The van der Waals surface area contributed by atoms with Crippen molar-refractivity contribution in [3.63, 3.8) is 0 Å². The maximum atomic E-state index is 13.3. The van der Waals surface area contributed by atoms with Crippen molar-refractivity contribution < 1.29 is 17.2 Å². The molecule has 0 aliphatic heterocycles. The molecule has 2 N–H and O–H groups in total. The largest absolute Gasteiger partial charge is 0.472 e. The Morgan fingerprint density at radius 2 is 2.11 bits per heavy atom. The Balaban J connectivity index is 2.28. The van der Waals surface area contributed by atoms with E-state index in [4.69, 9.17) is 10.2 Å². The molecule has 0 aliphatic carbocycles. The Bertz CT molecular complexity index is 668. The topological polar surface area (TPSA) is 76.5 Å². The van der Waals surface area contributed by atoms with Gasteiger partial charge in [-0.05, 0) is 24.3 Å². The minimum atomic E-state index is -3.76. The number of sulfonamides is 1. The van der Waals surface area contributed by atoms with E-state index in [2.05, 4.69) is 0 Å². The van der Waals surface area contributed by atoms with Gasteiger partial charge in [-0.1, -0.05) is 0 Å². The maximum absolute atomic E-state index is 13.3. The van der Waals surface area contributed by atoms with E-state index >= 15 is 0 Å². The van der Waals surface area contributed by atoms with Crippen LogP contribution in [-0.4, -0.2) is 19.8 Å². The van der Waals surface area contributed by atoms with E-state index in [1.165, 1.54) is 31.7 Å². The number of benzene rings is 1. The molecule has 0 radical (unpaired) electrons. The SMILES string of the molecule is CN(Cc1ccoc1)S(=O)(=O)c1ccc(N)c(F)c1. The van der Waals surface area contributed by atoms with Crippen molar-refractivity contribution in [2.45, 2.75) is 11.4 Å². The number of anilines is 1. The van der Waals surface area contributed by atoms with E-state index in [9.17, 15) is 12.8 Å². The van der Waals surface area contributed by atoms with Crippen LogP contribution in [0.1, 0.15) is 5.56 Å². The first-order chi connectivity index (χ1) is 8.91. The average molecular weight is 284 g/mol. The summed E-state index contributed by atoms with van der Waals surface area (Å²) in [4.78, 5) is -0.134. The van der Waals surface area contributed by atoms with E-state index in [1.807, 2.05) is 0 Å². The van der Waals surface area contributed by atoms with Gasteiger partial charge >= 0.3 is 0 Å². The molecule has 0 atom stereocenters. The highest BCUT2D eigenvalue weighted by atomic mass is 32.2. The van der Waals surface area contributed by atoms with Crippen molar-refractivity contribution >= 4 is 15.7 Å². The van der Waals surface area contributed by atoms with Gasteiger partial charge in [-0.2, -0.15) is 4.31 Å². The highest BCUT2D eigenvalue weighted by molar-refractivity contribution is 7.89. The van der Waals surface area contributed by atoms with E-state index in [-0.39, 0.29) is 17.1 Å². The van der Waals surface area contributed by atoms with Crippen molar-refractivity contribution in [2.24, 2.45) is 0 Å². The van der Waals surface area contributed by atoms with Crippen LogP contribution in [0.15, 0.2) is 46.1 Å². The first kappa shape index (κ1) is 13.6. The summed E-state index contributed by atoms with van der Waals surface area (Å²) >= 11 is 0. The van der Waals surface area contributed by atoms with Gasteiger partial charge in [0.25, 0.3) is 0 Å². The summed E-state index contributed by atoms with van der Waals surface area (Å²) < 4.78 is 43.7. The molecule has 1 aromatic carbocycles. The van der Waals surface area contributed by atoms with E-state index in [0.717, 1.165) is 10.4 Å². The summed E-state index contributed by atoms with van der Waals surface area (Å²) in [6.07, 6.45) is 2.91. The Morgan fingerprint density at radius 3 is 2.68 bits per heavy atom. The monoisotopic (exact) mass is 284 g/mol. The number of furan rings is 1. The van der Waals surface area contributed by atoms with Crippen LogP contribution in [0.4, 0.5) is 10.1 Å². The lowest BCUT2D eigenvalue weighted by atomic mass is 10.3. The van der Waals surface area contributed by atoms with Gasteiger partial charge in [0.15, 0.2) is 0 Å². The van der Waals surface area contributed by atoms with E-state index < -0.39 is 15.8 Å². The fraction of sp³-hybridized carbons (Fsp3) is 0.167. The first-order valence-electron chi connectivity index (χ1n) is 5.43. The summed E-state index contributed by atoms with van der Waals surface area (Å²) in [5.41, 5.74) is 5.95. The average Bonchev–Trinajstić information content (AvgIpc) is 2.85. The van der Waals surface area contributed by atoms with Gasteiger partial charge in [-0.15, -0.1) is 0 Å². The zero-order valence-electron chi connectivity index (χ0n) is 10.2. The van der Waals surface area contributed by atoms with Crippen molar-refractivity contribution in [3.05, 3.63) is 48.2 Å². The number of nitrogen functional groups attached to an aromatic ring is 1. The van der Waals surface area contributed by atoms with Crippen LogP contribution < -0.4 is 5.73 Å². The number of hydrogen-bond acceptors (Lipinski definition) is 4. The van der Waals surface area contributed by atoms with Gasteiger partial charge in [0, 0.05) is 19.2 Å². The Morgan fingerprint density at radius 1 is 1.37 bits per heavy atom. The molecule has 1 aromatic heterocycles. The first-order valence-corrected chi connectivity index (χ1v) is 6.87. The van der Waals surface area contributed by atoms with Gasteiger partial charge in [0.05, 0.1) is 23.1 Å². The molecular formula is C12H13FN2O3S. The summed E-state index contributed by atoms with van der Waals surface area (Å²) in [6.45, 7) is 0.144. The zero-order chi connectivity index (χ0) is 14.0. The molecule has 0 spiro atoms. The van der Waals surface area contributed by atoms with Crippen molar-refractivity contribution in [1.29, 1.82) is 0 Å². The molecule has 0 saturated carbocycles. The maximum Gasteiger partial charge on any atom is 0.243 e. The van der Waals surface area contributed by atoms with Crippen LogP contribution in [0.5, 0.6) is 0 Å². The number of nitrogens with zero attached hydrogens (tertiary/aromatic N) is 1. The van der Waals surface area contributed by atoms with Crippen LogP contribution in [0, 0.1) is 5.82 Å². The second-order valence-electron chi connectivity index (χ2n) is 4.08. The number of hydrogen-bond donors (Lipinski definition) is 1. The fourth-order valence-corrected chi connectivity index (χ4v) is 2.74. The van der Waals surface area contributed by atoms with Crippen molar-refractivity contribution in [2.75, 3.05) is 12.8 Å². The third kappa shape index (κ3) is 2.77. The zero-order valence-corrected chi connectivity index (χ0v) is 11.0. The second kappa shape index (κ2) is 5.02. The van der Waals surface area contributed by atoms with E-state index in [1.54, 1.807) is 6.07 Å². The van der Waals surface area contributed by atoms with Gasteiger partial charge in [-0.3, -0.25) is 0 Å². The second-order valence-corrected chi connectivity index (χ2v) is 6.12. The Kier molecular flexibility index (Phi) is 3.59. The van der Waals surface area contributed by atoms with Gasteiger partial charge in [0.2, 0.25) is 10.0 Å². The fourth-order valence-electron chi connectivity index (χ4n) is 1.57. The quantitative estimate of drug-likeness (QED) is 0.869. The lowest BCUT2D eigenvalue weighted by Gasteiger charge is -2.16. The predicted molar refractivity (Wildman–Crippen MR) is 68.2 cm³/mol. The molecule has 7 heteroatoms. The van der Waals surface area contributed by atoms with Crippen molar-refractivity contribution in [1.82, 2.24) is 4.31 Å². The molecule has 2 rings (SSSR count). The number of nitrogens with two attached hydrogens (primary N) is 1. The summed E-state index contributed by atoms with van der Waals surface area (Å²) in [7, 11) is -2.34. The standard InChI is InChI=1S/C12H13FN2O3S/c1-15(7-9-4-5-18-8-9)19(16,17)10-2-3-12(14)11(13)6-10/h2-6,8H,7,14H2,1H3. The Labute approximate surface area is 110 Å². The van der Waals surface area contributed by atoms with Crippen LogP contribution in [0.3, 0.4) is 0 Å². The van der Waals surface area contributed by atoms with Gasteiger partial charge < -0.3 is 10.2 Å². The molecule has 1 heterocycles. The lowest BCUT2D eigenvalue weighted by Crippen LogP contribution is -2.26. The molecule has 0 bridgehead atoms. The summed E-state index contributed by atoms with van der Waals surface area (Å²) in [5.74, 6) is -0.752.